The number of rotatable bonds is 6. The Kier molecular flexibility index (Phi) is 6.86. The molecule has 0 aliphatic heterocycles. The number of aliphatic imine (C=N–C) groups is 2. The standard InChI is InChI=1S/C32H26N4/c1-23-19-32(26-11-15-28(16-12-26)36-22-30-8-4-6-18-34-30)24(2)20-31(23)25-9-13-27(14-10-25)35-21-29-7-3-5-17-33-29/h3-22H,1-2H3. The van der Waals surface area contributed by atoms with Gasteiger partial charge in [0.15, 0.2) is 0 Å². The van der Waals surface area contributed by atoms with Crippen LogP contribution < -0.4 is 0 Å². The second-order valence-electron chi connectivity index (χ2n) is 8.60. The Morgan fingerprint density at radius 1 is 0.528 bits per heavy atom. The summed E-state index contributed by atoms with van der Waals surface area (Å²) in [5.74, 6) is 0. The fourth-order valence-corrected chi connectivity index (χ4v) is 4.08. The van der Waals surface area contributed by atoms with Gasteiger partial charge in [-0.1, -0.05) is 48.5 Å². The van der Waals surface area contributed by atoms with Crippen molar-refractivity contribution in [3.8, 4) is 22.3 Å². The molecule has 4 nitrogen and oxygen atoms in total. The average molecular weight is 467 g/mol. The molecule has 4 heteroatoms. The highest BCUT2D eigenvalue weighted by Crippen LogP contribution is 2.33. The third-order valence-corrected chi connectivity index (χ3v) is 6.00. The summed E-state index contributed by atoms with van der Waals surface area (Å²) in [6, 6.07) is 32.8. The molecule has 0 saturated heterocycles. The van der Waals surface area contributed by atoms with Crippen molar-refractivity contribution in [2.45, 2.75) is 13.8 Å². The van der Waals surface area contributed by atoms with Crippen molar-refractivity contribution in [1.82, 2.24) is 9.97 Å². The van der Waals surface area contributed by atoms with Crippen molar-refractivity contribution >= 4 is 23.8 Å². The van der Waals surface area contributed by atoms with E-state index in [1.807, 2.05) is 60.7 Å². The zero-order valence-corrected chi connectivity index (χ0v) is 20.3. The SMILES string of the molecule is Cc1cc(-c2ccc(N=Cc3ccccn3)cc2)c(C)cc1-c1ccc(N=Cc2ccccn2)cc1. The van der Waals surface area contributed by atoms with Crippen molar-refractivity contribution in [3.63, 3.8) is 0 Å². The van der Waals surface area contributed by atoms with Gasteiger partial charge in [-0.25, -0.2) is 0 Å². The lowest BCUT2D eigenvalue weighted by atomic mass is 9.92. The molecule has 0 spiro atoms. The topological polar surface area (TPSA) is 50.5 Å². The van der Waals surface area contributed by atoms with Crippen LogP contribution in [-0.2, 0) is 0 Å². The van der Waals surface area contributed by atoms with Gasteiger partial charge in [0, 0.05) is 12.4 Å². The van der Waals surface area contributed by atoms with Gasteiger partial charge in [0.25, 0.3) is 0 Å². The quantitative estimate of drug-likeness (QED) is 0.239. The lowest BCUT2D eigenvalue weighted by Crippen LogP contribution is -1.90. The lowest BCUT2D eigenvalue weighted by molar-refractivity contribution is 1.30. The molecule has 0 amide bonds. The van der Waals surface area contributed by atoms with Crippen LogP contribution in [0.5, 0.6) is 0 Å². The fraction of sp³-hybridized carbons (Fsp3) is 0.0625. The van der Waals surface area contributed by atoms with Crippen LogP contribution in [0.2, 0.25) is 0 Å². The summed E-state index contributed by atoms with van der Waals surface area (Å²) in [6.45, 7) is 4.33. The van der Waals surface area contributed by atoms with Gasteiger partial charge in [-0.15, -0.1) is 0 Å². The molecule has 0 saturated carbocycles. The van der Waals surface area contributed by atoms with Gasteiger partial charge in [0.05, 0.1) is 35.2 Å². The van der Waals surface area contributed by atoms with E-state index >= 15 is 0 Å². The zero-order valence-electron chi connectivity index (χ0n) is 20.3. The Balaban J connectivity index is 1.33. The smallest absolute Gasteiger partial charge is 0.0812 e. The molecule has 2 aromatic heterocycles. The summed E-state index contributed by atoms with van der Waals surface area (Å²) >= 11 is 0. The first-order chi connectivity index (χ1) is 17.7. The summed E-state index contributed by atoms with van der Waals surface area (Å²) in [4.78, 5) is 17.6. The van der Waals surface area contributed by atoms with Gasteiger partial charge in [0.2, 0.25) is 0 Å². The van der Waals surface area contributed by atoms with E-state index in [-0.39, 0.29) is 0 Å². The third kappa shape index (κ3) is 5.50. The lowest BCUT2D eigenvalue weighted by Gasteiger charge is -2.13. The first kappa shape index (κ1) is 23.1. The number of aromatic nitrogens is 2. The monoisotopic (exact) mass is 466 g/mol. The third-order valence-electron chi connectivity index (χ3n) is 6.00. The summed E-state index contributed by atoms with van der Waals surface area (Å²) in [7, 11) is 0. The summed E-state index contributed by atoms with van der Waals surface area (Å²) in [5, 5.41) is 0. The van der Waals surface area contributed by atoms with E-state index < -0.39 is 0 Å². The molecule has 0 unspecified atom stereocenters. The molecule has 3 aromatic carbocycles. The van der Waals surface area contributed by atoms with Crippen molar-refractivity contribution in [3.05, 3.63) is 132 Å². The largest absolute Gasteiger partial charge is 0.255 e. The maximum absolute atomic E-state index is 4.54. The van der Waals surface area contributed by atoms with Crippen LogP contribution in [0.1, 0.15) is 22.5 Å². The van der Waals surface area contributed by atoms with Crippen LogP contribution in [0.4, 0.5) is 11.4 Å². The highest BCUT2D eigenvalue weighted by atomic mass is 14.8. The molecule has 36 heavy (non-hydrogen) atoms. The number of nitrogens with zero attached hydrogens (tertiary/aromatic N) is 4. The predicted molar refractivity (Wildman–Crippen MR) is 150 cm³/mol. The molecule has 174 valence electrons. The predicted octanol–water partition coefficient (Wildman–Crippen LogP) is 7.93. The Bertz CT molecular complexity index is 1380. The van der Waals surface area contributed by atoms with E-state index in [4.69, 9.17) is 0 Å². The van der Waals surface area contributed by atoms with Crippen LogP contribution in [-0.4, -0.2) is 22.4 Å². The molecule has 0 N–H and O–H groups in total. The van der Waals surface area contributed by atoms with E-state index in [0.717, 1.165) is 22.8 Å². The average Bonchev–Trinajstić information content (AvgIpc) is 2.94. The first-order valence-electron chi connectivity index (χ1n) is 11.9. The van der Waals surface area contributed by atoms with E-state index in [9.17, 15) is 0 Å². The van der Waals surface area contributed by atoms with Crippen LogP contribution in [0.25, 0.3) is 22.3 Å². The summed E-state index contributed by atoms with van der Waals surface area (Å²) < 4.78 is 0. The number of benzene rings is 3. The molecule has 0 radical (unpaired) electrons. The zero-order chi connectivity index (χ0) is 24.7. The Morgan fingerprint density at radius 3 is 1.31 bits per heavy atom. The van der Waals surface area contributed by atoms with E-state index in [2.05, 4.69) is 70.2 Å². The number of hydrogen-bond acceptors (Lipinski definition) is 4. The highest BCUT2D eigenvalue weighted by molar-refractivity contribution is 5.81. The van der Waals surface area contributed by atoms with Gasteiger partial charge in [-0.2, -0.15) is 0 Å². The van der Waals surface area contributed by atoms with Gasteiger partial charge in [-0.05, 0) is 95.8 Å². The normalized spacial score (nSPS) is 11.4. The number of aryl methyl sites for hydroxylation is 2. The second kappa shape index (κ2) is 10.7. The van der Waals surface area contributed by atoms with Crippen LogP contribution in [0.3, 0.4) is 0 Å². The summed E-state index contributed by atoms with van der Waals surface area (Å²) in [5.41, 5.74) is 10.8. The molecule has 0 aliphatic rings. The van der Waals surface area contributed by atoms with E-state index in [1.54, 1.807) is 24.8 Å². The van der Waals surface area contributed by atoms with Crippen LogP contribution in [0.15, 0.2) is 119 Å². The minimum Gasteiger partial charge on any atom is -0.255 e. The van der Waals surface area contributed by atoms with Crippen molar-refractivity contribution in [2.75, 3.05) is 0 Å². The Labute approximate surface area is 211 Å². The Hall–Kier alpha value is -4.70. The van der Waals surface area contributed by atoms with Crippen molar-refractivity contribution < 1.29 is 0 Å². The van der Waals surface area contributed by atoms with Crippen LogP contribution in [0, 0.1) is 13.8 Å². The van der Waals surface area contributed by atoms with Crippen molar-refractivity contribution in [1.29, 1.82) is 0 Å². The molecule has 2 heterocycles. The molecule has 5 rings (SSSR count). The molecule has 0 atom stereocenters. The van der Waals surface area contributed by atoms with Gasteiger partial charge >= 0.3 is 0 Å². The first-order valence-corrected chi connectivity index (χ1v) is 11.9. The maximum atomic E-state index is 4.54. The van der Waals surface area contributed by atoms with Crippen LogP contribution >= 0.6 is 0 Å². The molecular formula is C32H26N4. The van der Waals surface area contributed by atoms with Gasteiger partial charge in [0.1, 0.15) is 0 Å². The number of hydrogen-bond donors (Lipinski definition) is 0. The molecule has 0 aliphatic carbocycles. The summed E-state index contributed by atoms with van der Waals surface area (Å²) in [6.07, 6.45) is 7.11. The number of pyridine rings is 2. The Morgan fingerprint density at radius 2 is 0.944 bits per heavy atom. The van der Waals surface area contributed by atoms with Crippen molar-refractivity contribution in [2.24, 2.45) is 9.98 Å². The molecule has 5 aromatic rings. The highest BCUT2D eigenvalue weighted by Gasteiger charge is 2.09. The maximum Gasteiger partial charge on any atom is 0.0812 e. The minimum atomic E-state index is 0.844. The fourth-order valence-electron chi connectivity index (χ4n) is 4.08. The second-order valence-corrected chi connectivity index (χ2v) is 8.60. The van der Waals surface area contributed by atoms with Gasteiger partial charge in [-0.3, -0.25) is 20.0 Å². The van der Waals surface area contributed by atoms with E-state index in [1.165, 1.54) is 33.4 Å². The minimum absolute atomic E-state index is 0.844. The van der Waals surface area contributed by atoms with Gasteiger partial charge < -0.3 is 0 Å². The molecule has 0 bridgehead atoms. The molecular weight excluding hydrogens is 440 g/mol. The molecule has 0 fully saturated rings. The van der Waals surface area contributed by atoms with E-state index in [0.29, 0.717) is 0 Å².